The number of benzene rings is 1. The molecule has 0 bridgehead atoms. The molecule has 0 amide bonds. The first-order valence-electron chi connectivity index (χ1n) is 7.95. The van der Waals surface area contributed by atoms with E-state index >= 15 is 0 Å². The van der Waals surface area contributed by atoms with Crippen LogP contribution in [-0.2, 0) is 4.74 Å². The first-order chi connectivity index (χ1) is 12.4. The maximum absolute atomic E-state index is 8.49. The largest absolute Gasteiger partial charge is 0.490 e. The van der Waals surface area contributed by atoms with Gasteiger partial charge in [-0.1, -0.05) is 51.6 Å². The van der Waals surface area contributed by atoms with Crippen LogP contribution in [0.5, 0.6) is 11.5 Å². The van der Waals surface area contributed by atoms with Gasteiger partial charge in [0.1, 0.15) is 16.8 Å². The highest BCUT2D eigenvalue weighted by Gasteiger charge is 2.10. The van der Waals surface area contributed by atoms with Crippen LogP contribution in [0.15, 0.2) is 27.9 Å². The molecule has 0 aromatic heterocycles. The van der Waals surface area contributed by atoms with E-state index in [0.717, 1.165) is 19.3 Å². The highest BCUT2D eigenvalue weighted by atomic mass is 35.5. The molecule has 0 spiro atoms. The van der Waals surface area contributed by atoms with Crippen LogP contribution in [0.1, 0.15) is 26.2 Å². The van der Waals surface area contributed by atoms with Crippen LogP contribution in [0, 0.1) is 0 Å². The van der Waals surface area contributed by atoms with Gasteiger partial charge in [0.05, 0.1) is 29.0 Å². The summed E-state index contributed by atoms with van der Waals surface area (Å²) in [6, 6.07) is 3.25. The Morgan fingerprint density at radius 2 is 1.73 bits per heavy atom. The Labute approximate surface area is 173 Å². The van der Waals surface area contributed by atoms with Crippen molar-refractivity contribution >= 4 is 52.1 Å². The van der Waals surface area contributed by atoms with Crippen molar-refractivity contribution in [3.63, 3.8) is 0 Å². The number of unbranched alkanes of at least 4 members (excludes halogenated alkanes) is 2. The molecule has 1 N–H and O–H groups in total. The Bertz CT molecular complexity index is 596. The van der Waals surface area contributed by atoms with E-state index in [4.69, 9.17) is 65.8 Å². The van der Waals surface area contributed by atoms with Crippen molar-refractivity contribution in [2.75, 3.05) is 26.4 Å². The van der Waals surface area contributed by atoms with Crippen molar-refractivity contribution in [3.8, 4) is 11.5 Å². The number of oxime groups is 1. The summed E-state index contributed by atoms with van der Waals surface area (Å²) >= 11 is 23.4. The Kier molecular flexibility index (Phi) is 11.9. The topological polar surface area (TPSA) is 60.3 Å². The normalized spacial score (nSPS) is 11.3. The maximum Gasteiger partial charge on any atom is 0.156 e. The SMILES string of the molecule is CC(COCCCCCOc1c(Cl)cc(OCC=C(Cl)Cl)cc1Cl)=NO. The maximum atomic E-state index is 8.49. The predicted octanol–water partition coefficient (Wildman–Crippen LogP) is 6.11. The molecular formula is C17H21Cl4NO4. The van der Waals surface area contributed by atoms with Gasteiger partial charge < -0.3 is 19.4 Å². The van der Waals surface area contributed by atoms with Crippen LogP contribution in [0.2, 0.25) is 10.0 Å². The lowest BCUT2D eigenvalue weighted by molar-refractivity contribution is 0.161. The Balaban J connectivity index is 2.31. The van der Waals surface area contributed by atoms with Gasteiger partial charge in [-0.25, -0.2) is 0 Å². The van der Waals surface area contributed by atoms with Crippen molar-refractivity contribution in [3.05, 3.63) is 32.7 Å². The molecule has 0 radical (unpaired) electrons. The quantitative estimate of drug-likeness (QED) is 0.183. The molecule has 1 aromatic carbocycles. The minimum Gasteiger partial charge on any atom is -0.490 e. The number of rotatable bonds is 12. The van der Waals surface area contributed by atoms with Crippen LogP contribution < -0.4 is 9.47 Å². The summed E-state index contributed by atoms with van der Waals surface area (Å²) in [5, 5.41) is 12.3. The lowest BCUT2D eigenvalue weighted by atomic mass is 10.2. The van der Waals surface area contributed by atoms with E-state index in [1.165, 1.54) is 6.08 Å². The number of hydrogen-bond donors (Lipinski definition) is 1. The van der Waals surface area contributed by atoms with Gasteiger partial charge in [0.25, 0.3) is 0 Å². The summed E-state index contributed by atoms with van der Waals surface area (Å²) in [5.74, 6) is 0.926. The van der Waals surface area contributed by atoms with Gasteiger partial charge in [-0.05, 0) is 32.3 Å². The van der Waals surface area contributed by atoms with Gasteiger partial charge in [-0.15, -0.1) is 0 Å². The summed E-state index contributed by atoms with van der Waals surface area (Å²) in [6.45, 7) is 3.32. The van der Waals surface area contributed by atoms with Gasteiger partial charge in [0.2, 0.25) is 0 Å². The number of hydrogen-bond acceptors (Lipinski definition) is 5. The van der Waals surface area contributed by atoms with E-state index in [-0.39, 0.29) is 11.1 Å². The lowest BCUT2D eigenvalue weighted by Gasteiger charge is -2.12. The predicted molar refractivity (Wildman–Crippen MR) is 107 cm³/mol. The highest BCUT2D eigenvalue weighted by molar-refractivity contribution is 6.55. The standard InChI is InChI=1S/C17H21Cl4NO4/c1-12(22-23)11-24-6-3-2-4-7-26-17-14(18)9-13(10-15(17)19)25-8-5-16(20)21/h5,9-10,23H,2-4,6-8,11H2,1H3. The van der Waals surface area contributed by atoms with Gasteiger partial charge in [-0.3, -0.25) is 0 Å². The fraction of sp³-hybridized carbons (Fsp3) is 0.471. The second-order valence-electron chi connectivity index (χ2n) is 5.32. The molecule has 0 fully saturated rings. The second-order valence-corrected chi connectivity index (χ2v) is 7.14. The molecule has 9 heteroatoms. The van der Waals surface area contributed by atoms with Gasteiger partial charge >= 0.3 is 0 Å². The number of nitrogens with zero attached hydrogens (tertiary/aromatic N) is 1. The minimum absolute atomic E-state index is 0.129. The molecule has 0 aliphatic rings. The zero-order valence-electron chi connectivity index (χ0n) is 14.3. The third-order valence-electron chi connectivity index (χ3n) is 3.12. The van der Waals surface area contributed by atoms with Crippen molar-refractivity contribution in [2.45, 2.75) is 26.2 Å². The zero-order valence-corrected chi connectivity index (χ0v) is 17.3. The summed E-state index contributed by atoms with van der Waals surface area (Å²) in [4.78, 5) is 0. The fourth-order valence-electron chi connectivity index (χ4n) is 1.86. The Morgan fingerprint density at radius 1 is 1.08 bits per heavy atom. The average Bonchev–Trinajstić information content (AvgIpc) is 2.58. The molecule has 1 aromatic rings. The van der Waals surface area contributed by atoms with Gasteiger partial charge in [-0.2, -0.15) is 0 Å². The fourth-order valence-corrected chi connectivity index (χ4v) is 2.57. The van der Waals surface area contributed by atoms with Crippen molar-refractivity contribution in [1.29, 1.82) is 0 Å². The van der Waals surface area contributed by atoms with Crippen LogP contribution >= 0.6 is 46.4 Å². The molecule has 0 saturated heterocycles. The third kappa shape index (κ3) is 9.74. The van der Waals surface area contributed by atoms with E-state index < -0.39 is 0 Å². The molecule has 0 aliphatic heterocycles. The van der Waals surface area contributed by atoms with E-state index in [1.807, 2.05) is 0 Å². The van der Waals surface area contributed by atoms with Gasteiger partial charge in [0, 0.05) is 18.7 Å². The molecule has 0 aliphatic carbocycles. The zero-order chi connectivity index (χ0) is 19.4. The Hall–Kier alpha value is -0.850. The monoisotopic (exact) mass is 443 g/mol. The molecule has 5 nitrogen and oxygen atoms in total. The molecular weight excluding hydrogens is 424 g/mol. The van der Waals surface area contributed by atoms with Crippen molar-refractivity contribution in [1.82, 2.24) is 0 Å². The molecule has 0 unspecified atom stereocenters. The van der Waals surface area contributed by atoms with E-state index in [0.29, 0.717) is 47.1 Å². The van der Waals surface area contributed by atoms with Crippen molar-refractivity contribution in [2.24, 2.45) is 5.16 Å². The third-order valence-corrected chi connectivity index (χ3v) is 3.99. The van der Waals surface area contributed by atoms with E-state index in [1.54, 1.807) is 19.1 Å². The Morgan fingerprint density at radius 3 is 2.35 bits per heavy atom. The van der Waals surface area contributed by atoms with Crippen LogP contribution in [0.25, 0.3) is 0 Å². The smallest absolute Gasteiger partial charge is 0.156 e. The van der Waals surface area contributed by atoms with Crippen LogP contribution in [-0.4, -0.2) is 37.3 Å². The first-order valence-corrected chi connectivity index (χ1v) is 9.46. The van der Waals surface area contributed by atoms with Crippen LogP contribution in [0.3, 0.4) is 0 Å². The lowest BCUT2D eigenvalue weighted by Crippen LogP contribution is -2.06. The second kappa shape index (κ2) is 13.3. The van der Waals surface area contributed by atoms with Crippen LogP contribution in [0.4, 0.5) is 0 Å². The first kappa shape index (κ1) is 23.2. The molecule has 0 saturated carbocycles. The molecule has 146 valence electrons. The average molecular weight is 445 g/mol. The minimum atomic E-state index is 0.129. The summed E-state index contributed by atoms with van der Waals surface area (Å²) < 4.78 is 16.6. The summed E-state index contributed by atoms with van der Waals surface area (Å²) in [5.41, 5.74) is 0.548. The summed E-state index contributed by atoms with van der Waals surface area (Å²) in [7, 11) is 0. The molecule has 26 heavy (non-hydrogen) atoms. The summed E-state index contributed by atoms with van der Waals surface area (Å²) in [6.07, 6.45) is 4.15. The number of ether oxygens (including phenoxy) is 3. The molecule has 1 rings (SSSR count). The highest BCUT2D eigenvalue weighted by Crippen LogP contribution is 2.37. The number of halogens is 4. The molecule has 0 heterocycles. The van der Waals surface area contributed by atoms with Crippen molar-refractivity contribution < 1.29 is 19.4 Å². The van der Waals surface area contributed by atoms with Gasteiger partial charge in [0.15, 0.2) is 5.75 Å². The molecule has 0 atom stereocenters. The van der Waals surface area contributed by atoms with E-state index in [9.17, 15) is 0 Å². The van der Waals surface area contributed by atoms with E-state index in [2.05, 4.69) is 5.16 Å².